The molecule has 1 aliphatic heterocycles. The number of rotatable bonds is 2. The lowest BCUT2D eigenvalue weighted by atomic mass is 9.87. The number of hydrogen-bond donors (Lipinski definition) is 0. The van der Waals surface area contributed by atoms with E-state index in [0.717, 1.165) is 23.1 Å². The van der Waals surface area contributed by atoms with Gasteiger partial charge >= 0.3 is 0 Å². The summed E-state index contributed by atoms with van der Waals surface area (Å²) >= 11 is 3.42. The van der Waals surface area contributed by atoms with Gasteiger partial charge in [0.25, 0.3) is 0 Å². The molecule has 1 aromatic carbocycles. The molecule has 0 aliphatic carbocycles. The van der Waals surface area contributed by atoms with Crippen LogP contribution in [0.3, 0.4) is 0 Å². The number of likely N-dealkylation sites (tertiary alicyclic amines) is 1. The molecule has 1 fully saturated rings. The van der Waals surface area contributed by atoms with Crippen LogP contribution in [0.1, 0.15) is 18.4 Å². The molecule has 0 bridgehead atoms. The molecule has 1 nitrogen and oxygen atoms in total. The van der Waals surface area contributed by atoms with E-state index in [2.05, 4.69) is 27.9 Å². The van der Waals surface area contributed by atoms with E-state index in [1.165, 1.54) is 0 Å². The van der Waals surface area contributed by atoms with E-state index in [0.29, 0.717) is 19.3 Å². The summed E-state index contributed by atoms with van der Waals surface area (Å²) in [7, 11) is 2.05. The first-order valence-corrected chi connectivity index (χ1v) is 6.49. The molecule has 0 spiro atoms. The van der Waals surface area contributed by atoms with Crippen molar-refractivity contribution in [1.29, 1.82) is 0 Å². The third kappa shape index (κ3) is 3.05. The summed E-state index contributed by atoms with van der Waals surface area (Å²) in [4.78, 5) is 2.19. The minimum Gasteiger partial charge on any atom is -0.306 e. The van der Waals surface area contributed by atoms with E-state index < -0.39 is 5.67 Å². The molecule has 0 radical (unpaired) electrons. The molecule has 0 saturated carbocycles. The summed E-state index contributed by atoms with van der Waals surface area (Å²) in [6.07, 6.45) is 1.84. The fourth-order valence-electron chi connectivity index (χ4n) is 2.21. The predicted molar refractivity (Wildman–Crippen MR) is 68.4 cm³/mol. The van der Waals surface area contributed by atoms with Gasteiger partial charge in [0.05, 0.1) is 0 Å². The second-order valence-electron chi connectivity index (χ2n) is 4.76. The highest BCUT2D eigenvalue weighted by Gasteiger charge is 2.33. The van der Waals surface area contributed by atoms with E-state index in [4.69, 9.17) is 0 Å². The van der Waals surface area contributed by atoms with Crippen molar-refractivity contribution >= 4 is 15.9 Å². The highest BCUT2D eigenvalue weighted by Crippen LogP contribution is 2.30. The highest BCUT2D eigenvalue weighted by atomic mass is 79.9. The average molecular weight is 286 g/mol. The minimum absolute atomic E-state index is 0.542. The van der Waals surface area contributed by atoms with Crippen molar-refractivity contribution in [1.82, 2.24) is 4.90 Å². The normalized spacial score (nSPS) is 20.9. The summed E-state index contributed by atoms with van der Waals surface area (Å²) < 4.78 is 15.6. The van der Waals surface area contributed by atoms with Crippen molar-refractivity contribution in [3.63, 3.8) is 0 Å². The maximum Gasteiger partial charge on any atom is 0.117 e. The van der Waals surface area contributed by atoms with Gasteiger partial charge in [-0.3, -0.25) is 0 Å². The average Bonchev–Trinajstić information content (AvgIpc) is 2.23. The van der Waals surface area contributed by atoms with Crippen molar-refractivity contribution in [3.8, 4) is 0 Å². The number of alkyl halides is 1. The maximum atomic E-state index is 14.5. The van der Waals surface area contributed by atoms with Crippen molar-refractivity contribution < 1.29 is 4.39 Å². The van der Waals surface area contributed by atoms with Gasteiger partial charge in [-0.15, -0.1) is 0 Å². The first kappa shape index (κ1) is 12.1. The van der Waals surface area contributed by atoms with Crippen LogP contribution in [0.5, 0.6) is 0 Å². The van der Waals surface area contributed by atoms with E-state index in [1.807, 2.05) is 24.3 Å². The van der Waals surface area contributed by atoms with Crippen molar-refractivity contribution in [2.45, 2.75) is 24.9 Å². The van der Waals surface area contributed by atoms with E-state index in [1.54, 1.807) is 0 Å². The number of nitrogens with zero attached hydrogens (tertiary/aromatic N) is 1. The Kier molecular flexibility index (Phi) is 3.65. The Hall–Kier alpha value is -0.410. The Morgan fingerprint density at radius 1 is 1.38 bits per heavy atom. The number of piperidine rings is 1. The SMILES string of the molecule is CN1CCC(F)(Cc2cccc(Br)c2)CC1. The van der Waals surface area contributed by atoms with E-state index in [-0.39, 0.29) is 0 Å². The van der Waals surface area contributed by atoms with Crippen molar-refractivity contribution in [3.05, 3.63) is 34.3 Å². The lowest BCUT2D eigenvalue weighted by Crippen LogP contribution is -2.41. The Balaban J connectivity index is 2.03. The van der Waals surface area contributed by atoms with Crippen LogP contribution in [0.2, 0.25) is 0 Å². The Morgan fingerprint density at radius 2 is 2.06 bits per heavy atom. The number of benzene rings is 1. The van der Waals surface area contributed by atoms with Crippen LogP contribution in [0.25, 0.3) is 0 Å². The summed E-state index contributed by atoms with van der Waals surface area (Å²) in [5.41, 5.74) is 0.0780. The van der Waals surface area contributed by atoms with Crippen LogP contribution in [0.4, 0.5) is 4.39 Å². The fourth-order valence-corrected chi connectivity index (χ4v) is 2.66. The van der Waals surface area contributed by atoms with Crippen molar-refractivity contribution in [2.75, 3.05) is 20.1 Å². The molecule has 1 saturated heterocycles. The van der Waals surface area contributed by atoms with Crippen LogP contribution in [0, 0.1) is 0 Å². The molecule has 0 unspecified atom stereocenters. The van der Waals surface area contributed by atoms with Crippen LogP contribution in [0.15, 0.2) is 28.7 Å². The molecule has 16 heavy (non-hydrogen) atoms. The van der Waals surface area contributed by atoms with Crippen molar-refractivity contribution in [2.24, 2.45) is 0 Å². The largest absolute Gasteiger partial charge is 0.306 e. The zero-order valence-electron chi connectivity index (χ0n) is 9.55. The van der Waals surface area contributed by atoms with Gasteiger partial charge in [-0.05, 0) is 37.6 Å². The molecule has 0 N–H and O–H groups in total. The molecule has 0 atom stereocenters. The molecule has 1 heterocycles. The number of hydrogen-bond acceptors (Lipinski definition) is 1. The number of halogens is 2. The maximum absolute atomic E-state index is 14.5. The second kappa shape index (κ2) is 4.84. The lowest BCUT2D eigenvalue weighted by Gasteiger charge is -2.34. The first-order chi connectivity index (χ1) is 7.57. The van der Waals surface area contributed by atoms with Gasteiger partial charge in [0.15, 0.2) is 0 Å². The summed E-state index contributed by atoms with van der Waals surface area (Å²) in [5.74, 6) is 0. The Labute approximate surface area is 105 Å². The Bertz CT molecular complexity index is 359. The molecule has 0 amide bonds. The van der Waals surface area contributed by atoms with Gasteiger partial charge in [0.1, 0.15) is 5.67 Å². The van der Waals surface area contributed by atoms with E-state index in [9.17, 15) is 4.39 Å². The van der Waals surface area contributed by atoms with Gasteiger partial charge in [-0.25, -0.2) is 4.39 Å². The van der Waals surface area contributed by atoms with Crippen LogP contribution in [-0.4, -0.2) is 30.7 Å². The molecular formula is C13H17BrFN. The molecular weight excluding hydrogens is 269 g/mol. The molecule has 88 valence electrons. The minimum atomic E-state index is -1.01. The molecule has 1 aromatic rings. The summed E-state index contributed by atoms with van der Waals surface area (Å²) in [6.45, 7) is 1.73. The first-order valence-electron chi connectivity index (χ1n) is 5.69. The zero-order valence-corrected chi connectivity index (χ0v) is 11.1. The van der Waals surface area contributed by atoms with Gasteiger partial charge in [0.2, 0.25) is 0 Å². The van der Waals surface area contributed by atoms with Crippen LogP contribution >= 0.6 is 15.9 Å². The topological polar surface area (TPSA) is 3.24 Å². The summed E-state index contributed by atoms with van der Waals surface area (Å²) in [6, 6.07) is 7.96. The Morgan fingerprint density at radius 3 is 2.69 bits per heavy atom. The quantitative estimate of drug-likeness (QED) is 0.805. The van der Waals surface area contributed by atoms with Gasteiger partial charge in [-0.2, -0.15) is 0 Å². The van der Waals surface area contributed by atoms with E-state index >= 15 is 0 Å². The smallest absolute Gasteiger partial charge is 0.117 e. The van der Waals surface area contributed by atoms with Gasteiger partial charge in [0, 0.05) is 24.0 Å². The monoisotopic (exact) mass is 285 g/mol. The standard InChI is InChI=1S/C13H17BrFN/c1-16-7-5-13(15,6-8-16)10-11-3-2-4-12(14)9-11/h2-4,9H,5-8,10H2,1H3. The highest BCUT2D eigenvalue weighted by molar-refractivity contribution is 9.10. The fraction of sp³-hybridized carbons (Fsp3) is 0.538. The third-order valence-electron chi connectivity index (χ3n) is 3.29. The molecule has 2 rings (SSSR count). The molecule has 0 aromatic heterocycles. The second-order valence-corrected chi connectivity index (χ2v) is 5.68. The zero-order chi connectivity index (χ0) is 11.6. The lowest BCUT2D eigenvalue weighted by molar-refractivity contribution is 0.0697. The molecule has 1 aliphatic rings. The van der Waals surface area contributed by atoms with Crippen LogP contribution < -0.4 is 0 Å². The van der Waals surface area contributed by atoms with Gasteiger partial charge in [-0.1, -0.05) is 28.1 Å². The predicted octanol–water partition coefficient (Wildman–Crippen LogP) is 3.43. The van der Waals surface area contributed by atoms with Crippen LogP contribution in [-0.2, 0) is 6.42 Å². The summed E-state index contributed by atoms with van der Waals surface area (Å²) in [5, 5.41) is 0. The van der Waals surface area contributed by atoms with Gasteiger partial charge < -0.3 is 4.90 Å². The third-order valence-corrected chi connectivity index (χ3v) is 3.79. The molecule has 3 heteroatoms.